The van der Waals surface area contributed by atoms with Crippen LogP contribution in [0.5, 0.6) is 5.88 Å². The molecule has 0 amide bonds. The molecule has 1 saturated carbocycles. The smallest absolute Gasteiger partial charge is 0.241 e. The van der Waals surface area contributed by atoms with Crippen molar-refractivity contribution in [3.8, 4) is 5.88 Å². The van der Waals surface area contributed by atoms with Crippen molar-refractivity contribution < 1.29 is 4.74 Å². The van der Waals surface area contributed by atoms with Crippen molar-refractivity contribution >= 4 is 17.3 Å². The van der Waals surface area contributed by atoms with Crippen LogP contribution in [0.1, 0.15) is 32.6 Å². The summed E-state index contributed by atoms with van der Waals surface area (Å²) in [5.41, 5.74) is 6.18. The normalized spacial score (nSPS) is 25.4. The topological polar surface area (TPSA) is 61.0 Å². The van der Waals surface area contributed by atoms with Gasteiger partial charge < -0.3 is 10.5 Å². The van der Waals surface area contributed by atoms with Crippen LogP contribution in [0.15, 0.2) is 6.20 Å². The molecule has 0 saturated heterocycles. The van der Waals surface area contributed by atoms with Crippen LogP contribution in [0.4, 0.5) is 5.69 Å². The van der Waals surface area contributed by atoms with Gasteiger partial charge in [-0.1, -0.05) is 13.3 Å². The van der Waals surface area contributed by atoms with Gasteiger partial charge in [-0.2, -0.15) is 4.98 Å². The Bertz CT molecular complexity index is 372. The number of rotatable bonds is 2. The summed E-state index contributed by atoms with van der Waals surface area (Å²) in [6.45, 7) is 2.24. The monoisotopic (exact) mass is 241 g/mol. The van der Waals surface area contributed by atoms with E-state index in [1.54, 1.807) is 0 Å². The zero-order chi connectivity index (χ0) is 11.5. The predicted octanol–water partition coefficient (Wildman–Crippen LogP) is 2.67. The highest BCUT2D eigenvalue weighted by Crippen LogP contribution is 2.28. The molecule has 1 aromatic heterocycles. The summed E-state index contributed by atoms with van der Waals surface area (Å²) in [6, 6.07) is 0. The number of nitrogen functional groups attached to an aromatic ring is 1. The molecule has 1 fully saturated rings. The molecule has 88 valence electrons. The molecule has 16 heavy (non-hydrogen) atoms. The van der Waals surface area contributed by atoms with E-state index in [9.17, 15) is 0 Å². The quantitative estimate of drug-likeness (QED) is 0.809. The van der Waals surface area contributed by atoms with Gasteiger partial charge in [0.05, 0.1) is 6.20 Å². The summed E-state index contributed by atoms with van der Waals surface area (Å²) in [5.74, 6) is 1.12. The molecule has 2 N–H and O–H groups in total. The first-order valence-corrected chi connectivity index (χ1v) is 5.97. The van der Waals surface area contributed by atoms with Gasteiger partial charge in [0.2, 0.25) is 11.2 Å². The summed E-state index contributed by atoms with van der Waals surface area (Å²) in [6.07, 6.45) is 6.28. The molecule has 0 radical (unpaired) electrons. The lowest BCUT2D eigenvalue weighted by molar-refractivity contribution is 0.124. The molecule has 1 aliphatic carbocycles. The van der Waals surface area contributed by atoms with Gasteiger partial charge in [0.1, 0.15) is 11.8 Å². The van der Waals surface area contributed by atoms with Gasteiger partial charge in [-0.3, -0.25) is 0 Å². The number of nitrogens with zero attached hydrogens (tertiary/aromatic N) is 2. The summed E-state index contributed by atoms with van der Waals surface area (Å²) in [5, 5.41) is 0.174. The molecule has 4 nitrogen and oxygen atoms in total. The Morgan fingerprint density at radius 3 is 3.06 bits per heavy atom. The minimum absolute atomic E-state index is 0.174. The lowest BCUT2D eigenvalue weighted by Gasteiger charge is -2.27. The number of anilines is 1. The molecule has 2 rings (SSSR count). The Hall–Kier alpha value is -1.03. The zero-order valence-electron chi connectivity index (χ0n) is 9.32. The number of halogens is 1. The molecule has 0 aromatic carbocycles. The maximum atomic E-state index is 5.78. The Balaban J connectivity index is 2.05. The van der Waals surface area contributed by atoms with E-state index in [1.165, 1.54) is 19.0 Å². The number of aromatic nitrogens is 2. The van der Waals surface area contributed by atoms with Crippen molar-refractivity contribution in [3.05, 3.63) is 11.5 Å². The molecule has 0 spiro atoms. The largest absolute Gasteiger partial charge is 0.473 e. The van der Waals surface area contributed by atoms with Gasteiger partial charge in [-0.15, -0.1) is 0 Å². The molecule has 1 aromatic rings. The highest BCUT2D eigenvalue weighted by atomic mass is 35.5. The lowest BCUT2D eigenvalue weighted by atomic mass is 9.89. The van der Waals surface area contributed by atoms with Crippen molar-refractivity contribution in [2.75, 3.05) is 5.73 Å². The van der Waals surface area contributed by atoms with Crippen molar-refractivity contribution in [2.45, 2.75) is 38.7 Å². The van der Waals surface area contributed by atoms with Crippen LogP contribution in [0.2, 0.25) is 5.28 Å². The van der Waals surface area contributed by atoms with Gasteiger partial charge in [0.15, 0.2) is 0 Å². The van der Waals surface area contributed by atoms with E-state index in [4.69, 9.17) is 22.1 Å². The Morgan fingerprint density at radius 2 is 2.31 bits per heavy atom. The second-order valence-corrected chi connectivity index (χ2v) is 4.75. The highest BCUT2D eigenvalue weighted by molar-refractivity contribution is 6.28. The first kappa shape index (κ1) is 11.5. The van der Waals surface area contributed by atoms with Crippen LogP contribution < -0.4 is 10.5 Å². The van der Waals surface area contributed by atoms with Gasteiger partial charge in [0, 0.05) is 0 Å². The maximum absolute atomic E-state index is 5.78. The fourth-order valence-corrected chi connectivity index (χ4v) is 2.22. The minimum atomic E-state index is 0.174. The summed E-state index contributed by atoms with van der Waals surface area (Å²) >= 11 is 5.71. The van der Waals surface area contributed by atoms with Crippen LogP contribution in [-0.2, 0) is 0 Å². The third kappa shape index (κ3) is 2.76. The van der Waals surface area contributed by atoms with E-state index in [-0.39, 0.29) is 11.4 Å². The van der Waals surface area contributed by atoms with Gasteiger partial charge in [-0.25, -0.2) is 4.98 Å². The second kappa shape index (κ2) is 4.87. The van der Waals surface area contributed by atoms with Crippen molar-refractivity contribution in [3.63, 3.8) is 0 Å². The summed E-state index contributed by atoms with van der Waals surface area (Å²) < 4.78 is 5.78. The molecule has 1 aliphatic rings. The SMILES string of the molecule is CC1CCCC(Oc2nc(Cl)ncc2N)C1. The van der Waals surface area contributed by atoms with Crippen LogP contribution in [0, 0.1) is 5.92 Å². The van der Waals surface area contributed by atoms with Crippen molar-refractivity contribution in [1.29, 1.82) is 0 Å². The van der Waals surface area contributed by atoms with E-state index in [2.05, 4.69) is 16.9 Å². The fourth-order valence-electron chi connectivity index (χ4n) is 2.09. The standard InChI is InChI=1S/C11H16ClN3O/c1-7-3-2-4-8(5-7)16-10-9(13)6-14-11(12)15-10/h6-8H,2-5,13H2,1H3. The van der Waals surface area contributed by atoms with E-state index < -0.39 is 0 Å². The third-order valence-corrected chi connectivity index (χ3v) is 3.10. The van der Waals surface area contributed by atoms with Gasteiger partial charge in [0.25, 0.3) is 0 Å². The molecule has 0 aliphatic heterocycles. The summed E-state index contributed by atoms with van der Waals surface area (Å²) in [4.78, 5) is 7.80. The summed E-state index contributed by atoms with van der Waals surface area (Å²) in [7, 11) is 0. The van der Waals surface area contributed by atoms with Crippen molar-refractivity contribution in [1.82, 2.24) is 9.97 Å². The van der Waals surface area contributed by atoms with Crippen LogP contribution >= 0.6 is 11.6 Å². The Labute approximate surface area is 100 Å². The number of nitrogens with two attached hydrogens (primary N) is 1. The average molecular weight is 242 g/mol. The van der Waals surface area contributed by atoms with E-state index in [0.29, 0.717) is 17.5 Å². The molecule has 1 heterocycles. The number of hydrogen-bond acceptors (Lipinski definition) is 4. The molecular formula is C11H16ClN3O. The van der Waals surface area contributed by atoms with Gasteiger partial charge >= 0.3 is 0 Å². The van der Waals surface area contributed by atoms with E-state index in [0.717, 1.165) is 12.8 Å². The van der Waals surface area contributed by atoms with E-state index in [1.807, 2.05) is 0 Å². The third-order valence-electron chi connectivity index (χ3n) is 2.92. The predicted molar refractivity (Wildman–Crippen MR) is 63.5 cm³/mol. The lowest BCUT2D eigenvalue weighted by Crippen LogP contribution is -2.24. The first-order chi connectivity index (χ1) is 7.65. The molecular weight excluding hydrogens is 226 g/mol. The number of ether oxygens (including phenoxy) is 1. The average Bonchev–Trinajstić information content (AvgIpc) is 2.24. The molecule has 5 heteroatoms. The van der Waals surface area contributed by atoms with Crippen LogP contribution in [0.3, 0.4) is 0 Å². The first-order valence-electron chi connectivity index (χ1n) is 5.60. The second-order valence-electron chi connectivity index (χ2n) is 4.41. The fraction of sp³-hybridized carbons (Fsp3) is 0.636. The minimum Gasteiger partial charge on any atom is -0.473 e. The van der Waals surface area contributed by atoms with Gasteiger partial charge in [-0.05, 0) is 36.8 Å². The van der Waals surface area contributed by atoms with Crippen LogP contribution in [-0.4, -0.2) is 16.1 Å². The Morgan fingerprint density at radius 1 is 1.50 bits per heavy atom. The molecule has 2 unspecified atom stereocenters. The zero-order valence-corrected chi connectivity index (χ0v) is 10.1. The number of hydrogen-bond donors (Lipinski definition) is 1. The Kier molecular flexibility index (Phi) is 3.49. The molecule has 2 atom stereocenters. The molecule has 0 bridgehead atoms. The maximum Gasteiger partial charge on any atom is 0.241 e. The van der Waals surface area contributed by atoms with Crippen molar-refractivity contribution in [2.24, 2.45) is 5.92 Å². The van der Waals surface area contributed by atoms with E-state index >= 15 is 0 Å². The van der Waals surface area contributed by atoms with Crippen LogP contribution in [0.25, 0.3) is 0 Å². The highest BCUT2D eigenvalue weighted by Gasteiger charge is 2.21.